The van der Waals surface area contributed by atoms with E-state index in [9.17, 15) is 12.8 Å². The minimum Gasteiger partial charge on any atom is -0.396 e. The predicted molar refractivity (Wildman–Crippen MR) is 46.7 cm³/mol. The van der Waals surface area contributed by atoms with Crippen LogP contribution >= 0.6 is 0 Å². The topological polar surface area (TPSA) is 73.0 Å². The number of nitrogen functional groups attached to an aromatic ring is 1. The number of anilines is 1. The molecule has 0 aromatic carbocycles. The second-order valence-electron chi connectivity index (χ2n) is 2.42. The summed E-state index contributed by atoms with van der Waals surface area (Å²) in [6.07, 6.45) is 2.53. The number of hydrogen-bond acceptors (Lipinski definition) is 4. The molecule has 0 amide bonds. The molecule has 0 aliphatic heterocycles. The van der Waals surface area contributed by atoms with Gasteiger partial charge in [-0.2, -0.15) is 0 Å². The van der Waals surface area contributed by atoms with Crippen LogP contribution in [0.1, 0.15) is 0 Å². The molecule has 0 bridgehead atoms. The van der Waals surface area contributed by atoms with E-state index in [1.807, 2.05) is 0 Å². The van der Waals surface area contributed by atoms with Crippen LogP contribution in [0, 0.1) is 0 Å². The average molecular weight is 204 g/mol. The molecule has 0 saturated heterocycles. The molecule has 0 unspecified atom stereocenters. The summed E-state index contributed by atoms with van der Waals surface area (Å²) < 4.78 is 34.5. The number of rotatable bonds is 3. The molecule has 0 fully saturated rings. The van der Waals surface area contributed by atoms with Gasteiger partial charge in [0.25, 0.3) is 0 Å². The lowest BCUT2D eigenvalue weighted by molar-refractivity contribution is 0.517. The molecule has 0 saturated carbocycles. The van der Waals surface area contributed by atoms with Gasteiger partial charge in [-0.3, -0.25) is 4.98 Å². The van der Waals surface area contributed by atoms with E-state index in [0.717, 1.165) is 0 Å². The second-order valence-corrected chi connectivity index (χ2v) is 4.50. The van der Waals surface area contributed by atoms with Crippen molar-refractivity contribution in [3.63, 3.8) is 0 Å². The maximum absolute atomic E-state index is 11.9. The first kappa shape index (κ1) is 9.91. The van der Waals surface area contributed by atoms with Gasteiger partial charge < -0.3 is 5.73 Å². The molecular weight excluding hydrogens is 195 g/mol. The van der Waals surface area contributed by atoms with Crippen LogP contribution in [0.5, 0.6) is 0 Å². The first-order chi connectivity index (χ1) is 6.08. The summed E-state index contributed by atoms with van der Waals surface area (Å²) in [6.45, 7) is -0.913. The maximum Gasteiger partial charge on any atom is 0.183 e. The van der Waals surface area contributed by atoms with Crippen molar-refractivity contribution in [2.45, 2.75) is 4.90 Å². The Morgan fingerprint density at radius 3 is 2.77 bits per heavy atom. The summed E-state index contributed by atoms with van der Waals surface area (Å²) in [6, 6.07) is 1.26. The average Bonchev–Trinajstić information content (AvgIpc) is 2.04. The fraction of sp³-hybridized carbons (Fsp3) is 0.286. The number of sulfone groups is 1. The Balaban J connectivity index is 3.15. The predicted octanol–water partition coefficient (Wildman–Crippen LogP) is 0.407. The highest BCUT2D eigenvalue weighted by Gasteiger charge is 2.16. The number of aromatic nitrogens is 1. The van der Waals surface area contributed by atoms with Gasteiger partial charge in [-0.25, -0.2) is 12.8 Å². The van der Waals surface area contributed by atoms with E-state index in [0.29, 0.717) is 0 Å². The Hall–Kier alpha value is -1.17. The number of nitrogens with two attached hydrogens (primary N) is 1. The van der Waals surface area contributed by atoms with Gasteiger partial charge in [0.15, 0.2) is 9.84 Å². The molecule has 13 heavy (non-hydrogen) atoms. The van der Waals surface area contributed by atoms with E-state index in [1.165, 1.54) is 18.5 Å². The minimum atomic E-state index is -3.58. The SMILES string of the molecule is Nc1cnccc1S(=O)(=O)CCF. The molecule has 1 heterocycles. The van der Waals surface area contributed by atoms with E-state index >= 15 is 0 Å². The normalized spacial score (nSPS) is 11.5. The highest BCUT2D eigenvalue weighted by molar-refractivity contribution is 7.91. The quantitative estimate of drug-likeness (QED) is 0.773. The van der Waals surface area contributed by atoms with Gasteiger partial charge in [-0.05, 0) is 6.07 Å². The number of hydrogen-bond donors (Lipinski definition) is 1. The molecule has 0 radical (unpaired) electrons. The van der Waals surface area contributed by atoms with Crippen molar-refractivity contribution in [3.05, 3.63) is 18.5 Å². The van der Waals surface area contributed by atoms with E-state index in [4.69, 9.17) is 5.73 Å². The van der Waals surface area contributed by atoms with Crippen LogP contribution in [0.2, 0.25) is 0 Å². The molecule has 72 valence electrons. The van der Waals surface area contributed by atoms with E-state index in [1.54, 1.807) is 0 Å². The van der Waals surface area contributed by atoms with Gasteiger partial charge in [-0.1, -0.05) is 0 Å². The molecule has 2 N–H and O–H groups in total. The summed E-state index contributed by atoms with van der Waals surface area (Å²) >= 11 is 0. The Kier molecular flexibility index (Phi) is 2.82. The van der Waals surface area contributed by atoms with Crippen LogP contribution in [0.15, 0.2) is 23.4 Å². The fourth-order valence-electron chi connectivity index (χ4n) is 0.889. The Morgan fingerprint density at radius 1 is 1.54 bits per heavy atom. The molecule has 0 spiro atoms. The van der Waals surface area contributed by atoms with Crippen molar-refractivity contribution in [3.8, 4) is 0 Å². The minimum absolute atomic E-state index is 0.0518. The lowest BCUT2D eigenvalue weighted by Crippen LogP contribution is -2.10. The van der Waals surface area contributed by atoms with Gasteiger partial charge in [0.2, 0.25) is 0 Å². The molecule has 0 aliphatic rings. The van der Waals surface area contributed by atoms with E-state index in [-0.39, 0.29) is 10.6 Å². The van der Waals surface area contributed by atoms with Crippen molar-refractivity contribution in [2.24, 2.45) is 0 Å². The van der Waals surface area contributed by atoms with Gasteiger partial charge in [-0.15, -0.1) is 0 Å². The largest absolute Gasteiger partial charge is 0.396 e. The van der Waals surface area contributed by atoms with Gasteiger partial charge >= 0.3 is 0 Å². The van der Waals surface area contributed by atoms with Crippen LogP contribution < -0.4 is 5.73 Å². The number of pyridine rings is 1. The molecular formula is C7H9FN2O2S. The van der Waals surface area contributed by atoms with Crippen LogP contribution in [-0.2, 0) is 9.84 Å². The molecule has 0 aliphatic carbocycles. The Bertz CT molecular complexity index is 391. The summed E-state index contributed by atoms with van der Waals surface area (Å²) in [5.41, 5.74) is 5.42. The first-order valence-electron chi connectivity index (χ1n) is 3.56. The Labute approximate surface area is 75.5 Å². The van der Waals surface area contributed by atoms with Crippen LogP contribution in [0.4, 0.5) is 10.1 Å². The van der Waals surface area contributed by atoms with Crippen molar-refractivity contribution in [1.82, 2.24) is 4.98 Å². The maximum atomic E-state index is 11.9. The zero-order valence-electron chi connectivity index (χ0n) is 6.77. The third-order valence-electron chi connectivity index (χ3n) is 1.49. The zero-order valence-corrected chi connectivity index (χ0v) is 7.59. The van der Waals surface area contributed by atoms with Gasteiger partial charge in [0, 0.05) is 6.20 Å². The van der Waals surface area contributed by atoms with Crippen LogP contribution in [-0.4, -0.2) is 25.8 Å². The molecule has 1 aromatic heterocycles. The summed E-state index contributed by atoms with van der Waals surface area (Å²) in [5, 5.41) is 0. The van der Waals surface area contributed by atoms with Crippen LogP contribution in [0.3, 0.4) is 0 Å². The highest BCUT2D eigenvalue weighted by Crippen LogP contribution is 2.17. The lowest BCUT2D eigenvalue weighted by atomic mass is 10.4. The number of alkyl halides is 1. The number of nitrogens with zero attached hydrogens (tertiary/aromatic N) is 1. The summed E-state index contributed by atoms with van der Waals surface area (Å²) in [5.74, 6) is -0.540. The highest BCUT2D eigenvalue weighted by atomic mass is 32.2. The second kappa shape index (κ2) is 3.69. The zero-order chi connectivity index (χ0) is 9.90. The summed E-state index contributed by atoms with van der Waals surface area (Å²) in [4.78, 5) is 3.58. The lowest BCUT2D eigenvalue weighted by Gasteiger charge is -2.03. The van der Waals surface area contributed by atoms with Crippen molar-refractivity contribution in [2.75, 3.05) is 18.2 Å². The standard InChI is InChI=1S/C7H9FN2O2S/c8-2-4-13(11,12)7-1-3-10-5-6(7)9/h1,3,5H,2,4,9H2. The fourth-order valence-corrected chi connectivity index (χ4v) is 1.99. The monoisotopic (exact) mass is 204 g/mol. The number of halogens is 1. The smallest absolute Gasteiger partial charge is 0.183 e. The van der Waals surface area contributed by atoms with Crippen molar-refractivity contribution >= 4 is 15.5 Å². The van der Waals surface area contributed by atoms with E-state index in [2.05, 4.69) is 4.98 Å². The van der Waals surface area contributed by atoms with E-state index < -0.39 is 22.3 Å². The van der Waals surface area contributed by atoms with Gasteiger partial charge in [0.1, 0.15) is 6.67 Å². The molecule has 6 heteroatoms. The first-order valence-corrected chi connectivity index (χ1v) is 5.21. The third-order valence-corrected chi connectivity index (χ3v) is 3.22. The van der Waals surface area contributed by atoms with Crippen LogP contribution in [0.25, 0.3) is 0 Å². The third kappa shape index (κ3) is 2.15. The molecule has 4 nitrogen and oxygen atoms in total. The van der Waals surface area contributed by atoms with Crippen molar-refractivity contribution < 1.29 is 12.8 Å². The molecule has 1 aromatic rings. The molecule has 1 rings (SSSR count). The molecule has 0 atom stereocenters. The van der Waals surface area contributed by atoms with Gasteiger partial charge in [0.05, 0.1) is 22.5 Å². The summed E-state index contributed by atoms with van der Waals surface area (Å²) in [7, 11) is -3.58. The Morgan fingerprint density at radius 2 is 2.23 bits per heavy atom. The van der Waals surface area contributed by atoms with Crippen molar-refractivity contribution in [1.29, 1.82) is 0 Å².